The number of nitrogens with zero attached hydrogens (tertiary/aromatic N) is 2. The Balaban J connectivity index is 0.00000176. The summed E-state index contributed by atoms with van der Waals surface area (Å²) in [5, 5.41) is 10.9. The van der Waals surface area contributed by atoms with Gasteiger partial charge in [-0.1, -0.05) is 13.3 Å². The second-order valence-electron chi connectivity index (χ2n) is 6.57. The highest BCUT2D eigenvalue weighted by molar-refractivity contribution is 5.92. The molecule has 1 saturated carbocycles. The van der Waals surface area contributed by atoms with Gasteiger partial charge >= 0.3 is 0 Å². The van der Waals surface area contributed by atoms with Crippen LogP contribution >= 0.6 is 12.4 Å². The summed E-state index contributed by atoms with van der Waals surface area (Å²) in [7, 11) is 0. The summed E-state index contributed by atoms with van der Waals surface area (Å²) < 4.78 is 1.94. The maximum absolute atomic E-state index is 12.2. The van der Waals surface area contributed by atoms with Crippen molar-refractivity contribution in [3.05, 3.63) is 18.0 Å². The molecule has 0 aromatic carbocycles. The van der Waals surface area contributed by atoms with Crippen molar-refractivity contribution in [1.82, 2.24) is 20.4 Å². The first-order valence-corrected chi connectivity index (χ1v) is 8.26. The molecule has 1 amide bonds. The Labute approximate surface area is 138 Å². The van der Waals surface area contributed by atoms with Gasteiger partial charge in [-0.05, 0) is 50.1 Å². The van der Waals surface area contributed by atoms with Crippen LogP contribution in [0.4, 0.5) is 0 Å². The van der Waals surface area contributed by atoms with E-state index in [0.29, 0.717) is 17.2 Å². The van der Waals surface area contributed by atoms with Crippen molar-refractivity contribution >= 4 is 18.3 Å². The lowest BCUT2D eigenvalue weighted by Crippen LogP contribution is -2.41. The van der Waals surface area contributed by atoms with Crippen molar-refractivity contribution in [2.24, 2.45) is 5.41 Å². The zero-order chi connectivity index (χ0) is 14.7. The van der Waals surface area contributed by atoms with E-state index in [4.69, 9.17) is 0 Å². The van der Waals surface area contributed by atoms with Gasteiger partial charge in [0.25, 0.3) is 5.91 Å². The molecule has 1 unspecified atom stereocenters. The molecule has 0 radical (unpaired) electrons. The number of rotatable bonds is 5. The van der Waals surface area contributed by atoms with E-state index in [1.54, 1.807) is 0 Å². The molecular weight excluding hydrogens is 300 g/mol. The Morgan fingerprint density at radius 2 is 2.32 bits per heavy atom. The lowest BCUT2D eigenvalue weighted by atomic mass is 9.67. The molecule has 0 bridgehead atoms. The van der Waals surface area contributed by atoms with Gasteiger partial charge in [-0.15, -0.1) is 12.4 Å². The fourth-order valence-electron chi connectivity index (χ4n) is 3.41. The Bertz CT molecular complexity index is 487. The van der Waals surface area contributed by atoms with Crippen molar-refractivity contribution in [3.8, 4) is 0 Å². The third-order valence-corrected chi connectivity index (χ3v) is 5.27. The Morgan fingerprint density at radius 1 is 1.50 bits per heavy atom. The first kappa shape index (κ1) is 17.3. The predicted octanol–water partition coefficient (Wildman–Crippen LogP) is 2.54. The second-order valence-corrected chi connectivity index (χ2v) is 6.57. The van der Waals surface area contributed by atoms with Crippen molar-refractivity contribution in [1.29, 1.82) is 0 Å². The summed E-state index contributed by atoms with van der Waals surface area (Å²) >= 11 is 0. The monoisotopic (exact) mass is 326 g/mol. The maximum Gasteiger partial charge on any atom is 0.271 e. The second kappa shape index (κ2) is 7.47. The lowest BCUT2D eigenvalue weighted by molar-refractivity contribution is 0.0844. The summed E-state index contributed by atoms with van der Waals surface area (Å²) in [5.41, 5.74) is 0.900. The van der Waals surface area contributed by atoms with Crippen molar-refractivity contribution in [2.75, 3.05) is 19.6 Å². The highest BCUT2D eigenvalue weighted by atomic mass is 35.5. The lowest BCUT2D eigenvalue weighted by Gasteiger charge is -2.41. The molecule has 2 heterocycles. The molecule has 2 fully saturated rings. The number of hydrogen-bond acceptors (Lipinski definition) is 3. The Hall–Kier alpha value is -1.07. The fourth-order valence-corrected chi connectivity index (χ4v) is 3.41. The third-order valence-electron chi connectivity index (χ3n) is 5.27. The van der Waals surface area contributed by atoms with E-state index in [9.17, 15) is 4.79 Å². The number of hydrogen-bond donors (Lipinski definition) is 2. The van der Waals surface area contributed by atoms with Crippen LogP contribution in [0.15, 0.2) is 12.3 Å². The Morgan fingerprint density at radius 3 is 2.91 bits per heavy atom. The molecule has 2 N–H and O–H groups in total. The topological polar surface area (TPSA) is 59.0 Å². The van der Waals surface area contributed by atoms with Gasteiger partial charge in [0, 0.05) is 19.3 Å². The average Bonchev–Trinajstić information content (AvgIpc) is 2.97. The number of carbonyl (C=O) groups is 1. The zero-order valence-corrected chi connectivity index (χ0v) is 14.1. The van der Waals surface area contributed by atoms with E-state index >= 15 is 0 Å². The predicted molar refractivity (Wildman–Crippen MR) is 89.5 cm³/mol. The molecule has 124 valence electrons. The van der Waals surface area contributed by atoms with Crippen LogP contribution in [0.1, 0.15) is 62.0 Å². The summed E-state index contributed by atoms with van der Waals surface area (Å²) in [6, 6.07) is 2.22. The number of aromatic nitrogens is 2. The van der Waals surface area contributed by atoms with Crippen LogP contribution in [0.5, 0.6) is 0 Å². The molecule has 22 heavy (non-hydrogen) atoms. The number of piperidine rings is 1. The molecule has 5 nitrogen and oxygen atoms in total. The van der Waals surface area contributed by atoms with Gasteiger partial charge in [-0.3, -0.25) is 9.48 Å². The molecule has 3 rings (SSSR count). The molecule has 1 atom stereocenters. The van der Waals surface area contributed by atoms with Gasteiger partial charge in [0.15, 0.2) is 0 Å². The van der Waals surface area contributed by atoms with Crippen molar-refractivity contribution < 1.29 is 4.79 Å². The first-order valence-electron chi connectivity index (χ1n) is 8.26. The SMILES string of the molecule is CCC1(CNC(=O)c2ccn(C3CCCNC3)n2)CCC1.Cl. The van der Waals surface area contributed by atoms with Crippen LogP contribution in [0.3, 0.4) is 0 Å². The summed E-state index contributed by atoms with van der Waals surface area (Å²) in [5.74, 6) is -0.0303. The number of amides is 1. The van der Waals surface area contributed by atoms with Gasteiger partial charge in [-0.25, -0.2) is 0 Å². The van der Waals surface area contributed by atoms with Crippen LogP contribution in [0.25, 0.3) is 0 Å². The van der Waals surface area contributed by atoms with Crippen molar-refractivity contribution in [2.45, 2.75) is 51.5 Å². The normalized spacial score (nSPS) is 23.2. The van der Waals surface area contributed by atoms with Gasteiger partial charge < -0.3 is 10.6 Å². The molecule has 1 aliphatic carbocycles. The van der Waals surface area contributed by atoms with Gasteiger partial charge in [0.05, 0.1) is 6.04 Å². The summed E-state index contributed by atoms with van der Waals surface area (Å²) in [6.45, 7) is 5.04. The van der Waals surface area contributed by atoms with Crippen LogP contribution < -0.4 is 10.6 Å². The van der Waals surface area contributed by atoms with Crippen LogP contribution in [-0.4, -0.2) is 35.3 Å². The van der Waals surface area contributed by atoms with E-state index in [1.165, 1.54) is 25.7 Å². The number of carbonyl (C=O) groups excluding carboxylic acids is 1. The van der Waals surface area contributed by atoms with E-state index in [0.717, 1.165) is 32.5 Å². The standard InChI is InChI=1S/C16H26N4O.ClH/c1-2-16(7-4-8-16)12-18-15(21)14-6-10-20(19-14)13-5-3-9-17-11-13;/h6,10,13,17H,2-5,7-9,11-12H2,1H3,(H,18,21);1H. The quantitative estimate of drug-likeness (QED) is 0.874. The van der Waals surface area contributed by atoms with Gasteiger partial charge in [-0.2, -0.15) is 5.10 Å². The average molecular weight is 327 g/mol. The maximum atomic E-state index is 12.2. The van der Waals surface area contributed by atoms with Crippen LogP contribution in [0.2, 0.25) is 0 Å². The third kappa shape index (κ3) is 3.63. The first-order chi connectivity index (χ1) is 10.2. The molecule has 0 spiro atoms. The minimum absolute atomic E-state index is 0. The highest BCUT2D eigenvalue weighted by Gasteiger charge is 2.35. The minimum atomic E-state index is -0.0303. The van der Waals surface area contributed by atoms with Crippen LogP contribution in [-0.2, 0) is 0 Å². The molecular formula is C16H27ClN4O. The smallest absolute Gasteiger partial charge is 0.271 e. The Kier molecular flexibility index (Phi) is 5.87. The fraction of sp³-hybridized carbons (Fsp3) is 0.750. The largest absolute Gasteiger partial charge is 0.350 e. The van der Waals surface area contributed by atoms with Gasteiger partial charge in [0.2, 0.25) is 0 Å². The molecule has 1 aliphatic heterocycles. The van der Waals surface area contributed by atoms with E-state index in [2.05, 4.69) is 22.7 Å². The minimum Gasteiger partial charge on any atom is -0.350 e. The van der Waals surface area contributed by atoms with E-state index in [-0.39, 0.29) is 18.3 Å². The number of nitrogens with one attached hydrogen (secondary N) is 2. The van der Waals surface area contributed by atoms with E-state index < -0.39 is 0 Å². The number of halogens is 1. The molecule has 1 aromatic heterocycles. The summed E-state index contributed by atoms with van der Waals surface area (Å²) in [4.78, 5) is 12.2. The molecule has 1 aromatic rings. The molecule has 1 saturated heterocycles. The van der Waals surface area contributed by atoms with E-state index in [1.807, 2.05) is 16.9 Å². The molecule has 2 aliphatic rings. The summed E-state index contributed by atoms with van der Waals surface area (Å²) in [6.07, 6.45) is 9.17. The zero-order valence-electron chi connectivity index (χ0n) is 13.3. The van der Waals surface area contributed by atoms with Crippen molar-refractivity contribution in [3.63, 3.8) is 0 Å². The van der Waals surface area contributed by atoms with Crippen LogP contribution in [0, 0.1) is 5.41 Å². The highest BCUT2D eigenvalue weighted by Crippen LogP contribution is 2.43. The van der Waals surface area contributed by atoms with Gasteiger partial charge in [0.1, 0.15) is 5.69 Å². The molecule has 6 heteroatoms.